The molecule has 0 radical (unpaired) electrons. The zero-order valence-electron chi connectivity index (χ0n) is 12.0. The number of rotatable bonds is 6. The van der Waals surface area contributed by atoms with Crippen molar-refractivity contribution in [2.24, 2.45) is 0 Å². The van der Waals surface area contributed by atoms with E-state index in [1.54, 1.807) is 6.92 Å². The Morgan fingerprint density at radius 2 is 2.14 bits per heavy atom. The lowest BCUT2D eigenvalue weighted by molar-refractivity contribution is -0.141. The first-order chi connectivity index (χ1) is 10.1. The van der Waals surface area contributed by atoms with Gasteiger partial charge in [0.05, 0.1) is 12.5 Å². The van der Waals surface area contributed by atoms with Gasteiger partial charge in [0.25, 0.3) is 0 Å². The number of nitrogens with zero attached hydrogens (tertiary/aromatic N) is 2. The molecule has 6 nitrogen and oxygen atoms in total. The summed E-state index contributed by atoms with van der Waals surface area (Å²) in [4.78, 5) is 27.0. The Kier molecular flexibility index (Phi) is 6.15. The fourth-order valence-electron chi connectivity index (χ4n) is 1.54. The molecule has 2 amide bonds. The van der Waals surface area contributed by atoms with Crippen LogP contribution in [-0.2, 0) is 11.0 Å². The van der Waals surface area contributed by atoms with Gasteiger partial charge in [-0.1, -0.05) is 6.92 Å². The second-order valence-electron chi connectivity index (χ2n) is 4.54. The van der Waals surface area contributed by atoms with Crippen LogP contribution in [0.4, 0.5) is 18.0 Å². The van der Waals surface area contributed by atoms with Crippen molar-refractivity contribution in [2.45, 2.75) is 32.0 Å². The highest BCUT2D eigenvalue weighted by Crippen LogP contribution is 2.32. The standard InChI is InChI=1S/C12H16F3N3O3S/c1-3-7(10-17-8(6-22-10)12(13,14)15)16-11(21)18(2)5-4-9(19)20/h6-7H,3-5H2,1-2H3,(H,16,21)(H,19,20). The molecule has 124 valence electrons. The summed E-state index contributed by atoms with van der Waals surface area (Å²) in [5.41, 5.74) is -0.987. The average molecular weight is 339 g/mol. The molecule has 1 heterocycles. The number of aromatic nitrogens is 1. The largest absolute Gasteiger partial charge is 0.481 e. The summed E-state index contributed by atoms with van der Waals surface area (Å²) >= 11 is 0.823. The Balaban J connectivity index is 2.70. The zero-order valence-corrected chi connectivity index (χ0v) is 12.8. The molecule has 0 aromatic carbocycles. The van der Waals surface area contributed by atoms with E-state index in [0.29, 0.717) is 6.42 Å². The maximum atomic E-state index is 12.5. The molecule has 1 rings (SSSR count). The Hall–Kier alpha value is -1.84. The van der Waals surface area contributed by atoms with Gasteiger partial charge in [0.15, 0.2) is 5.69 Å². The summed E-state index contributed by atoms with van der Waals surface area (Å²) in [7, 11) is 1.41. The number of halogens is 3. The van der Waals surface area contributed by atoms with Crippen LogP contribution in [0.2, 0.25) is 0 Å². The molecule has 1 atom stereocenters. The van der Waals surface area contributed by atoms with Crippen LogP contribution >= 0.6 is 11.3 Å². The van der Waals surface area contributed by atoms with Gasteiger partial charge < -0.3 is 15.3 Å². The smallest absolute Gasteiger partial charge is 0.434 e. The number of carbonyl (C=O) groups is 2. The lowest BCUT2D eigenvalue weighted by Crippen LogP contribution is -2.40. The third kappa shape index (κ3) is 5.17. The molecule has 0 bridgehead atoms. The second kappa shape index (κ2) is 7.43. The van der Waals surface area contributed by atoms with Crippen LogP contribution in [0.1, 0.15) is 36.5 Å². The summed E-state index contributed by atoms with van der Waals surface area (Å²) in [6.07, 6.45) is -4.37. The number of hydrogen-bond acceptors (Lipinski definition) is 4. The van der Waals surface area contributed by atoms with Gasteiger partial charge in [-0.2, -0.15) is 13.2 Å². The van der Waals surface area contributed by atoms with E-state index in [2.05, 4.69) is 10.3 Å². The Morgan fingerprint density at radius 1 is 1.50 bits per heavy atom. The van der Waals surface area contributed by atoms with Crippen molar-refractivity contribution in [3.63, 3.8) is 0 Å². The fourth-order valence-corrected chi connectivity index (χ4v) is 2.50. The Morgan fingerprint density at radius 3 is 2.59 bits per heavy atom. The van der Waals surface area contributed by atoms with Gasteiger partial charge in [-0.3, -0.25) is 4.79 Å². The summed E-state index contributed by atoms with van der Waals surface area (Å²) in [5, 5.41) is 12.2. The summed E-state index contributed by atoms with van der Waals surface area (Å²) in [5.74, 6) is -1.04. The molecule has 22 heavy (non-hydrogen) atoms. The minimum Gasteiger partial charge on any atom is -0.481 e. The maximum Gasteiger partial charge on any atom is 0.434 e. The normalized spacial score (nSPS) is 12.8. The Labute approximate surface area is 128 Å². The minimum atomic E-state index is -4.52. The van der Waals surface area contributed by atoms with E-state index in [9.17, 15) is 22.8 Å². The molecular weight excluding hydrogens is 323 g/mol. The predicted octanol–water partition coefficient (Wildman–Crippen LogP) is 2.73. The van der Waals surface area contributed by atoms with Crippen LogP contribution in [0.3, 0.4) is 0 Å². The number of nitrogens with one attached hydrogen (secondary N) is 1. The molecule has 10 heteroatoms. The average Bonchev–Trinajstić information content (AvgIpc) is 2.91. The molecule has 0 aliphatic carbocycles. The van der Waals surface area contributed by atoms with E-state index in [1.807, 2.05) is 0 Å². The quantitative estimate of drug-likeness (QED) is 0.835. The molecule has 1 aromatic rings. The monoisotopic (exact) mass is 339 g/mol. The van der Waals surface area contributed by atoms with Crippen molar-refractivity contribution in [2.75, 3.05) is 13.6 Å². The van der Waals surface area contributed by atoms with E-state index in [0.717, 1.165) is 21.6 Å². The third-order valence-corrected chi connectivity index (χ3v) is 3.78. The highest BCUT2D eigenvalue weighted by atomic mass is 32.1. The first-order valence-electron chi connectivity index (χ1n) is 6.41. The first-order valence-corrected chi connectivity index (χ1v) is 7.29. The topological polar surface area (TPSA) is 82.5 Å². The molecule has 1 aromatic heterocycles. The van der Waals surface area contributed by atoms with Gasteiger partial charge in [0.2, 0.25) is 0 Å². The maximum absolute atomic E-state index is 12.5. The van der Waals surface area contributed by atoms with Gasteiger partial charge in [-0.05, 0) is 6.42 Å². The Bertz CT molecular complexity index is 533. The van der Waals surface area contributed by atoms with Crippen LogP contribution in [0, 0.1) is 0 Å². The van der Waals surface area contributed by atoms with E-state index in [-0.39, 0.29) is 18.0 Å². The fraction of sp³-hybridized carbons (Fsp3) is 0.583. The van der Waals surface area contributed by atoms with Crippen molar-refractivity contribution in [3.05, 3.63) is 16.1 Å². The van der Waals surface area contributed by atoms with Crippen LogP contribution in [-0.4, -0.2) is 40.6 Å². The molecule has 2 N–H and O–H groups in total. The highest BCUT2D eigenvalue weighted by molar-refractivity contribution is 7.09. The van der Waals surface area contributed by atoms with E-state index in [4.69, 9.17) is 5.11 Å². The number of carboxylic acids is 1. The van der Waals surface area contributed by atoms with Gasteiger partial charge in [0.1, 0.15) is 5.01 Å². The van der Waals surface area contributed by atoms with E-state index < -0.39 is 29.9 Å². The van der Waals surface area contributed by atoms with Gasteiger partial charge in [0, 0.05) is 19.0 Å². The van der Waals surface area contributed by atoms with Crippen molar-refractivity contribution in [3.8, 4) is 0 Å². The number of aliphatic carboxylic acids is 1. The number of hydrogen-bond donors (Lipinski definition) is 2. The highest BCUT2D eigenvalue weighted by Gasteiger charge is 2.34. The summed E-state index contributed by atoms with van der Waals surface area (Å²) in [6, 6.07) is -1.21. The molecule has 0 saturated heterocycles. The lowest BCUT2D eigenvalue weighted by atomic mass is 10.2. The lowest BCUT2D eigenvalue weighted by Gasteiger charge is -2.21. The molecule has 0 aliphatic rings. The zero-order chi connectivity index (χ0) is 16.9. The molecule has 0 spiro atoms. The second-order valence-corrected chi connectivity index (χ2v) is 5.43. The first kappa shape index (κ1) is 18.2. The van der Waals surface area contributed by atoms with Crippen molar-refractivity contribution in [1.29, 1.82) is 0 Å². The third-order valence-electron chi connectivity index (χ3n) is 2.82. The van der Waals surface area contributed by atoms with Crippen molar-refractivity contribution < 1.29 is 27.9 Å². The van der Waals surface area contributed by atoms with Gasteiger partial charge in [-0.15, -0.1) is 11.3 Å². The molecular formula is C12H16F3N3O3S. The van der Waals surface area contributed by atoms with E-state index in [1.165, 1.54) is 7.05 Å². The van der Waals surface area contributed by atoms with Crippen molar-refractivity contribution >= 4 is 23.3 Å². The summed E-state index contributed by atoms with van der Waals surface area (Å²) in [6.45, 7) is 1.71. The van der Waals surface area contributed by atoms with E-state index >= 15 is 0 Å². The predicted molar refractivity (Wildman–Crippen MR) is 73.6 cm³/mol. The number of alkyl halides is 3. The van der Waals surface area contributed by atoms with Crippen LogP contribution in [0.25, 0.3) is 0 Å². The number of amides is 2. The molecule has 0 aliphatic heterocycles. The van der Waals surface area contributed by atoms with Gasteiger partial charge in [-0.25, -0.2) is 9.78 Å². The van der Waals surface area contributed by atoms with Crippen LogP contribution < -0.4 is 5.32 Å². The number of carboxylic acid groups (broad SMARTS) is 1. The summed E-state index contributed by atoms with van der Waals surface area (Å²) < 4.78 is 37.6. The molecule has 0 saturated carbocycles. The number of carbonyl (C=O) groups excluding carboxylic acids is 1. The molecule has 1 unspecified atom stereocenters. The van der Waals surface area contributed by atoms with Crippen molar-refractivity contribution in [1.82, 2.24) is 15.2 Å². The number of urea groups is 1. The van der Waals surface area contributed by atoms with Gasteiger partial charge >= 0.3 is 18.2 Å². The van der Waals surface area contributed by atoms with Crippen LogP contribution in [0.5, 0.6) is 0 Å². The minimum absolute atomic E-state index is 0.00325. The van der Waals surface area contributed by atoms with Crippen LogP contribution in [0.15, 0.2) is 5.38 Å². The number of thiazole rings is 1. The molecule has 0 fully saturated rings. The SMILES string of the molecule is CCC(NC(=O)N(C)CCC(=O)O)c1nc(C(F)(F)F)cs1.